The molecule has 176 valence electrons. The van der Waals surface area contributed by atoms with Crippen LogP contribution in [0.25, 0.3) is 10.9 Å². The molecule has 0 saturated carbocycles. The second kappa shape index (κ2) is 9.82. The number of nitrogens with zero attached hydrogens (tertiary/aromatic N) is 2. The number of carbonyl (C=O) groups is 2. The summed E-state index contributed by atoms with van der Waals surface area (Å²) in [5.41, 5.74) is 2.80. The number of aromatic nitrogens is 1. The summed E-state index contributed by atoms with van der Waals surface area (Å²) in [4.78, 5) is 32.5. The van der Waals surface area contributed by atoms with Crippen molar-refractivity contribution in [2.24, 2.45) is 0 Å². The number of amides is 1. The Morgan fingerprint density at radius 1 is 0.914 bits per heavy atom. The molecule has 0 bridgehead atoms. The molecule has 6 nitrogen and oxygen atoms in total. The standard InChI is InChI=1S/C27H21ClFN3O3/c28-21-4-1-17(2-5-21)27(34)31-23-13-20(12-22(29)15-23)26(33)18-3-6-25-19(11-18)14-24(16-30-25)32-7-9-35-10-8-32/h1-6,11-16H,7-10H2,(H,31,34). The molecule has 1 aromatic heterocycles. The molecule has 4 aromatic rings. The fourth-order valence-corrected chi connectivity index (χ4v) is 4.15. The van der Waals surface area contributed by atoms with Crippen LogP contribution in [0.4, 0.5) is 15.8 Å². The highest BCUT2D eigenvalue weighted by molar-refractivity contribution is 6.30. The van der Waals surface area contributed by atoms with Crippen LogP contribution >= 0.6 is 11.6 Å². The third kappa shape index (κ3) is 5.16. The van der Waals surface area contributed by atoms with E-state index in [1.54, 1.807) is 42.5 Å². The lowest BCUT2D eigenvalue weighted by atomic mass is 10.0. The van der Waals surface area contributed by atoms with Gasteiger partial charge in [0, 0.05) is 45.9 Å². The zero-order valence-electron chi connectivity index (χ0n) is 18.6. The van der Waals surface area contributed by atoms with E-state index in [9.17, 15) is 14.0 Å². The molecule has 0 radical (unpaired) electrons. The van der Waals surface area contributed by atoms with Gasteiger partial charge in [-0.2, -0.15) is 0 Å². The van der Waals surface area contributed by atoms with Crippen molar-refractivity contribution in [2.75, 3.05) is 36.5 Å². The molecule has 1 aliphatic heterocycles. The fourth-order valence-electron chi connectivity index (χ4n) is 4.02. The summed E-state index contributed by atoms with van der Waals surface area (Å²) in [6, 6.07) is 17.3. The number of rotatable bonds is 5. The molecular formula is C27H21ClFN3O3. The zero-order valence-corrected chi connectivity index (χ0v) is 19.4. The van der Waals surface area contributed by atoms with Crippen LogP contribution in [0.3, 0.4) is 0 Å². The van der Waals surface area contributed by atoms with Crippen molar-refractivity contribution in [1.29, 1.82) is 0 Å². The lowest BCUT2D eigenvalue weighted by molar-refractivity contribution is 0.102. The van der Waals surface area contributed by atoms with E-state index in [1.807, 2.05) is 12.3 Å². The smallest absolute Gasteiger partial charge is 0.255 e. The lowest BCUT2D eigenvalue weighted by Gasteiger charge is -2.28. The Hall–Kier alpha value is -3.81. The maximum atomic E-state index is 14.4. The number of anilines is 2. The summed E-state index contributed by atoms with van der Waals surface area (Å²) in [6.45, 7) is 2.87. The molecule has 1 N–H and O–H groups in total. The molecule has 1 saturated heterocycles. The first-order chi connectivity index (χ1) is 17.0. The van der Waals surface area contributed by atoms with Gasteiger partial charge in [-0.25, -0.2) is 4.39 Å². The maximum Gasteiger partial charge on any atom is 0.255 e. The van der Waals surface area contributed by atoms with E-state index < -0.39 is 11.7 Å². The number of nitrogens with one attached hydrogen (secondary N) is 1. The van der Waals surface area contributed by atoms with E-state index in [0.717, 1.165) is 35.7 Å². The molecule has 2 heterocycles. The van der Waals surface area contributed by atoms with Gasteiger partial charge in [-0.05, 0) is 66.7 Å². The molecule has 0 unspecified atom stereocenters. The number of hydrogen-bond acceptors (Lipinski definition) is 5. The molecule has 1 aliphatic rings. The van der Waals surface area contributed by atoms with E-state index in [0.29, 0.717) is 29.4 Å². The highest BCUT2D eigenvalue weighted by atomic mass is 35.5. The normalized spacial score (nSPS) is 13.6. The Morgan fingerprint density at radius 2 is 1.66 bits per heavy atom. The minimum Gasteiger partial charge on any atom is -0.378 e. The molecule has 35 heavy (non-hydrogen) atoms. The van der Waals surface area contributed by atoms with Crippen molar-refractivity contribution in [3.8, 4) is 0 Å². The number of carbonyl (C=O) groups excluding carboxylic acids is 2. The molecule has 1 amide bonds. The highest BCUT2D eigenvalue weighted by Gasteiger charge is 2.16. The quantitative estimate of drug-likeness (QED) is 0.383. The van der Waals surface area contributed by atoms with Gasteiger partial charge in [-0.15, -0.1) is 0 Å². The number of morpholine rings is 1. The van der Waals surface area contributed by atoms with Gasteiger partial charge >= 0.3 is 0 Å². The zero-order chi connectivity index (χ0) is 24.4. The molecule has 0 atom stereocenters. The van der Waals surface area contributed by atoms with Gasteiger partial charge in [-0.3, -0.25) is 14.6 Å². The summed E-state index contributed by atoms with van der Waals surface area (Å²) in [7, 11) is 0. The largest absolute Gasteiger partial charge is 0.378 e. The van der Waals surface area contributed by atoms with Crippen molar-refractivity contribution in [2.45, 2.75) is 0 Å². The Kier molecular flexibility index (Phi) is 6.44. The fraction of sp³-hybridized carbons (Fsp3) is 0.148. The van der Waals surface area contributed by atoms with Crippen LogP contribution in [0.5, 0.6) is 0 Å². The summed E-state index contributed by atoms with van der Waals surface area (Å²) >= 11 is 5.87. The summed E-state index contributed by atoms with van der Waals surface area (Å²) in [5.74, 6) is -1.41. The number of ketones is 1. The summed E-state index contributed by atoms with van der Waals surface area (Å²) in [5, 5.41) is 3.95. The van der Waals surface area contributed by atoms with Crippen LogP contribution in [-0.2, 0) is 4.74 Å². The van der Waals surface area contributed by atoms with Crippen LogP contribution < -0.4 is 10.2 Å². The van der Waals surface area contributed by atoms with Crippen molar-refractivity contribution in [3.05, 3.63) is 100 Å². The van der Waals surface area contributed by atoms with E-state index >= 15 is 0 Å². The molecular weight excluding hydrogens is 469 g/mol. The predicted molar refractivity (Wildman–Crippen MR) is 134 cm³/mol. The van der Waals surface area contributed by atoms with Crippen LogP contribution in [0.1, 0.15) is 26.3 Å². The molecule has 0 spiro atoms. The SMILES string of the molecule is O=C(Nc1cc(F)cc(C(=O)c2ccc3ncc(N4CCOCC4)cc3c2)c1)c1ccc(Cl)cc1. The van der Waals surface area contributed by atoms with Gasteiger partial charge in [0.2, 0.25) is 0 Å². The number of pyridine rings is 1. The van der Waals surface area contributed by atoms with Gasteiger partial charge in [0.25, 0.3) is 5.91 Å². The lowest BCUT2D eigenvalue weighted by Crippen LogP contribution is -2.36. The number of fused-ring (bicyclic) bond motifs is 1. The van der Waals surface area contributed by atoms with Gasteiger partial charge in [0.1, 0.15) is 5.82 Å². The van der Waals surface area contributed by atoms with Gasteiger partial charge in [0.05, 0.1) is 30.6 Å². The Bertz CT molecular complexity index is 1420. The van der Waals surface area contributed by atoms with Crippen LogP contribution in [0.15, 0.2) is 72.9 Å². The first-order valence-corrected chi connectivity index (χ1v) is 11.5. The second-order valence-electron chi connectivity index (χ2n) is 8.22. The molecule has 8 heteroatoms. The van der Waals surface area contributed by atoms with E-state index in [1.165, 1.54) is 12.1 Å². The Morgan fingerprint density at radius 3 is 2.43 bits per heavy atom. The van der Waals surface area contributed by atoms with Crippen molar-refractivity contribution in [3.63, 3.8) is 0 Å². The van der Waals surface area contributed by atoms with Crippen LogP contribution in [-0.4, -0.2) is 43.0 Å². The van der Waals surface area contributed by atoms with Gasteiger partial charge in [0.15, 0.2) is 5.78 Å². The van der Waals surface area contributed by atoms with Crippen LogP contribution in [0, 0.1) is 5.82 Å². The third-order valence-corrected chi connectivity index (χ3v) is 6.08. The number of ether oxygens (including phenoxy) is 1. The van der Waals surface area contributed by atoms with E-state index in [-0.39, 0.29) is 17.0 Å². The minimum absolute atomic E-state index is 0.132. The first kappa shape index (κ1) is 23.0. The third-order valence-electron chi connectivity index (χ3n) is 5.83. The number of hydrogen-bond donors (Lipinski definition) is 1. The monoisotopic (exact) mass is 489 g/mol. The Labute approximate surface area is 206 Å². The average molecular weight is 490 g/mol. The second-order valence-corrected chi connectivity index (χ2v) is 8.66. The van der Waals surface area contributed by atoms with Crippen LogP contribution in [0.2, 0.25) is 5.02 Å². The number of halogens is 2. The van der Waals surface area contributed by atoms with E-state index in [4.69, 9.17) is 16.3 Å². The number of benzene rings is 3. The maximum absolute atomic E-state index is 14.4. The molecule has 1 fully saturated rings. The van der Waals surface area contributed by atoms with Crippen molar-refractivity contribution in [1.82, 2.24) is 4.98 Å². The molecule has 3 aromatic carbocycles. The minimum atomic E-state index is -0.626. The first-order valence-electron chi connectivity index (χ1n) is 11.1. The molecule has 5 rings (SSSR count). The van der Waals surface area contributed by atoms with Gasteiger partial charge in [-0.1, -0.05) is 11.6 Å². The highest BCUT2D eigenvalue weighted by Crippen LogP contribution is 2.24. The average Bonchev–Trinajstić information content (AvgIpc) is 2.88. The van der Waals surface area contributed by atoms with Crippen molar-refractivity contribution >= 4 is 45.6 Å². The summed E-state index contributed by atoms with van der Waals surface area (Å²) in [6.07, 6.45) is 1.82. The predicted octanol–water partition coefficient (Wildman–Crippen LogP) is 5.35. The summed E-state index contributed by atoms with van der Waals surface area (Å²) < 4.78 is 19.8. The van der Waals surface area contributed by atoms with Gasteiger partial charge < -0.3 is 15.0 Å². The van der Waals surface area contributed by atoms with Crippen molar-refractivity contribution < 1.29 is 18.7 Å². The molecule has 0 aliphatic carbocycles. The Balaban J connectivity index is 1.40. The van der Waals surface area contributed by atoms with E-state index in [2.05, 4.69) is 15.2 Å². The topological polar surface area (TPSA) is 71.5 Å².